The van der Waals surface area contributed by atoms with E-state index in [4.69, 9.17) is 4.74 Å². The van der Waals surface area contributed by atoms with Crippen molar-refractivity contribution in [1.82, 2.24) is 5.32 Å². The van der Waals surface area contributed by atoms with Gasteiger partial charge in [0, 0.05) is 6.61 Å². The fourth-order valence-electron chi connectivity index (χ4n) is 2.54. The van der Waals surface area contributed by atoms with Crippen LogP contribution in [0.2, 0.25) is 0 Å². The Kier molecular flexibility index (Phi) is 4.72. The first-order valence-electron chi connectivity index (χ1n) is 6.83. The Bertz CT molecular complexity index is 365. The fourth-order valence-corrected chi connectivity index (χ4v) is 2.54. The summed E-state index contributed by atoms with van der Waals surface area (Å²) in [5.41, 5.74) is 1.11. The predicted molar refractivity (Wildman–Crippen MR) is 71.0 cm³/mol. The lowest BCUT2D eigenvalue weighted by atomic mass is 9.92. The van der Waals surface area contributed by atoms with Crippen molar-refractivity contribution in [2.45, 2.75) is 38.8 Å². The highest BCUT2D eigenvalue weighted by Crippen LogP contribution is 2.31. The summed E-state index contributed by atoms with van der Waals surface area (Å²) in [6.45, 7) is 6.15. The molecule has 0 aromatic heterocycles. The molecule has 0 saturated carbocycles. The number of benzene rings is 1. The molecular formula is C15H22FNO. The van der Waals surface area contributed by atoms with Gasteiger partial charge in [-0.05, 0) is 43.0 Å². The van der Waals surface area contributed by atoms with Crippen molar-refractivity contribution in [3.8, 4) is 0 Å². The molecule has 0 amide bonds. The minimum absolute atomic E-state index is 0.169. The maximum absolute atomic E-state index is 13.0. The third-order valence-corrected chi connectivity index (χ3v) is 3.62. The Balaban J connectivity index is 2.15. The second kappa shape index (κ2) is 6.30. The fraction of sp³-hybridized carbons (Fsp3) is 0.600. The van der Waals surface area contributed by atoms with E-state index in [1.165, 1.54) is 12.1 Å². The van der Waals surface area contributed by atoms with E-state index in [1.54, 1.807) is 0 Å². The smallest absolute Gasteiger partial charge is 0.123 e. The van der Waals surface area contributed by atoms with Crippen molar-refractivity contribution < 1.29 is 9.13 Å². The topological polar surface area (TPSA) is 21.3 Å². The summed E-state index contributed by atoms with van der Waals surface area (Å²) in [5.74, 6) is 0.359. The summed E-state index contributed by atoms with van der Waals surface area (Å²) >= 11 is 0. The first kappa shape index (κ1) is 13.5. The van der Waals surface area contributed by atoms with E-state index in [2.05, 4.69) is 19.2 Å². The minimum atomic E-state index is -0.187. The van der Waals surface area contributed by atoms with Gasteiger partial charge in [-0.25, -0.2) is 4.39 Å². The maximum Gasteiger partial charge on any atom is 0.123 e. The lowest BCUT2D eigenvalue weighted by Crippen LogP contribution is -2.35. The van der Waals surface area contributed by atoms with Crippen LogP contribution in [-0.4, -0.2) is 19.3 Å². The van der Waals surface area contributed by atoms with Crippen molar-refractivity contribution in [1.29, 1.82) is 0 Å². The Hall–Kier alpha value is -0.930. The van der Waals surface area contributed by atoms with Gasteiger partial charge >= 0.3 is 0 Å². The normalized spacial score (nSPS) is 25.3. The molecule has 100 valence electrons. The van der Waals surface area contributed by atoms with Crippen molar-refractivity contribution in [2.24, 2.45) is 5.92 Å². The van der Waals surface area contributed by atoms with E-state index in [-0.39, 0.29) is 18.0 Å². The average molecular weight is 251 g/mol. The van der Waals surface area contributed by atoms with Gasteiger partial charge in [-0.3, -0.25) is 0 Å². The van der Waals surface area contributed by atoms with Gasteiger partial charge in [0.1, 0.15) is 5.82 Å². The van der Waals surface area contributed by atoms with Crippen LogP contribution in [0.4, 0.5) is 4.39 Å². The van der Waals surface area contributed by atoms with Crippen molar-refractivity contribution in [3.05, 3.63) is 35.6 Å². The third-order valence-electron chi connectivity index (χ3n) is 3.62. The van der Waals surface area contributed by atoms with Crippen molar-refractivity contribution in [2.75, 3.05) is 13.2 Å². The molecule has 1 aliphatic rings. The zero-order valence-electron chi connectivity index (χ0n) is 11.2. The molecule has 0 bridgehead atoms. The number of rotatable bonds is 5. The van der Waals surface area contributed by atoms with Crippen molar-refractivity contribution in [3.63, 3.8) is 0 Å². The van der Waals surface area contributed by atoms with E-state index in [0.29, 0.717) is 5.92 Å². The van der Waals surface area contributed by atoms with Gasteiger partial charge in [0.25, 0.3) is 0 Å². The molecule has 2 nitrogen and oxygen atoms in total. The molecule has 3 unspecified atom stereocenters. The number of nitrogens with one attached hydrogen (secondary N) is 1. The Morgan fingerprint density at radius 1 is 1.39 bits per heavy atom. The summed E-state index contributed by atoms with van der Waals surface area (Å²) in [5, 5.41) is 3.53. The lowest BCUT2D eigenvalue weighted by Gasteiger charge is -2.27. The predicted octanol–water partition coefficient (Wildman–Crippen LogP) is 3.29. The monoisotopic (exact) mass is 251 g/mol. The van der Waals surface area contributed by atoms with Crippen LogP contribution in [0.3, 0.4) is 0 Å². The molecule has 1 heterocycles. The number of halogens is 1. The molecule has 1 aromatic carbocycles. The Morgan fingerprint density at radius 2 is 2.11 bits per heavy atom. The van der Waals surface area contributed by atoms with Gasteiger partial charge in [0.05, 0.1) is 12.1 Å². The van der Waals surface area contributed by atoms with Gasteiger partial charge in [0.15, 0.2) is 0 Å². The highest BCUT2D eigenvalue weighted by Gasteiger charge is 2.32. The molecular weight excluding hydrogens is 229 g/mol. The highest BCUT2D eigenvalue weighted by atomic mass is 19.1. The van der Waals surface area contributed by atoms with Gasteiger partial charge in [-0.15, -0.1) is 0 Å². The van der Waals surface area contributed by atoms with E-state index < -0.39 is 0 Å². The third kappa shape index (κ3) is 3.09. The molecule has 1 aromatic rings. The first-order valence-corrected chi connectivity index (χ1v) is 6.83. The summed E-state index contributed by atoms with van der Waals surface area (Å²) in [4.78, 5) is 0. The van der Waals surface area contributed by atoms with Gasteiger partial charge in [-0.1, -0.05) is 26.0 Å². The van der Waals surface area contributed by atoms with Crippen LogP contribution < -0.4 is 5.32 Å². The number of hydrogen-bond donors (Lipinski definition) is 1. The standard InChI is InChI=1S/C15H22FNO/c1-3-9-17-14(15-11(2)8-10-18-15)12-4-6-13(16)7-5-12/h4-7,11,14-15,17H,3,8-10H2,1-2H3. The maximum atomic E-state index is 13.0. The minimum Gasteiger partial charge on any atom is -0.376 e. The molecule has 0 radical (unpaired) electrons. The summed E-state index contributed by atoms with van der Waals surface area (Å²) in [7, 11) is 0. The molecule has 0 spiro atoms. The molecule has 3 atom stereocenters. The Morgan fingerprint density at radius 3 is 2.67 bits per heavy atom. The van der Waals surface area contributed by atoms with Crippen LogP contribution >= 0.6 is 0 Å². The molecule has 18 heavy (non-hydrogen) atoms. The molecule has 1 saturated heterocycles. The Labute approximate surface area is 109 Å². The first-order chi connectivity index (χ1) is 8.72. The second-order valence-electron chi connectivity index (χ2n) is 5.08. The van der Waals surface area contributed by atoms with Crippen LogP contribution in [0.1, 0.15) is 38.3 Å². The second-order valence-corrected chi connectivity index (χ2v) is 5.08. The number of hydrogen-bond acceptors (Lipinski definition) is 2. The summed E-state index contributed by atoms with van der Waals surface area (Å²) < 4.78 is 18.9. The zero-order valence-corrected chi connectivity index (χ0v) is 11.2. The van der Waals surface area contributed by atoms with E-state index in [1.807, 2.05) is 12.1 Å². The van der Waals surface area contributed by atoms with Crippen LogP contribution in [0.15, 0.2) is 24.3 Å². The van der Waals surface area contributed by atoms with Crippen LogP contribution in [0.5, 0.6) is 0 Å². The van der Waals surface area contributed by atoms with Crippen LogP contribution in [-0.2, 0) is 4.74 Å². The van der Waals surface area contributed by atoms with Gasteiger partial charge in [-0.2, -0.15) is 0 Å². The van der Waals surface area contributed by atoms with Crippen LogP contribution in [0, 0.1) is 11.7 Å². The molecule has 1 N–H and O–H groups in total. The average Bonchev–Trinajstić information content (AvgIpc) is 2.78. The quantitative estimate of drug-likeness (QED) is 0.867. The lowest BCUT2D eigenvalue weighted by molar-refractivity contribution is 0.0607. The summed E-state index contributed by atoms with van der Waals surface area (Å²) in [6, 6.07) is 6.93. The largest absolute Gasteiger partial charge is 0.376 e. The van der Waals surface area contributed by atoms with E-state index in [0.717, 1.165) is 31.6 Å². The highest BCUT2D eigenvalue weighted by molar-refractivity contribution is 5.21. The van der Waals surface area contributed by atoms with Gasteiger partial charge < -0.3 is 10.1 Å². The molecule has 1 fully saturated rings. The molecule has 2 rings (SSSR count). The van der Waals surface area contributed by atoms with Gasteiger partial charge in [0.2, 0.25) is 0 Å². The molecule has 1 aliphatic heterocycles. The van der Waals surface area contributed by atoms with E-state index in [9.17, 15) is 4.39 Å². The molecule has 3 heteroatoms. The zero-order chi connectivity index (χ0) is 13.0. The SMILES string of the molecule is CCCNC(c1ccc(F)cc1)C1OCCC1C. The van der Waals surface area contributed by atoms with E-state index >= 15 is 0 Å². The summed E-state index contributed by atoms with van der Waals surface area (Å²) in [6.07, 6.45) is 2.39. The number of ether oxygens (including phenoxy) is 1. The van der Waals surface area contributed by atoms with Crippen LogP contribution in [0.25, 0.3) is 0 Å². The molecule has 0 aliphatic carbocycles. The van der Waals surface area contributed by atoms with Crippen molar-refractivity contribution >= 4 is 0 Å².